The Kier molecular flexibility index (Phi) is 4.05. The zero-order valence-corrected chi connectivity index (χ0v) is 16.9. The van der Waals surface area contributed by atoms with Gasteiger partial charge in [0.1, 0.15) is 17.1 Å². The number of hydrogen-bond acceptors (Lipinski definition) is 3. The third-order valence-corrected chi connectivity index (χ3v) is 5.66. The maximum atomic E-state index is 13.4. The van der Waals surface area contributed by atoms with Gasteiger partial charge in [-0.1, -0.05) is 24.3 Å². The van der Waals surface area contributed by atoms with E-state index in [1.807, 2.05) is 53.7 Å². The molecule has 0 saturated carbocycles. The molecular formula is C24H23N3O2. The zero-order chi connectivity index (χ0) is 20.1. The SMILES string of the molecule is CCOc1cc2c(c3c(C)cccc13)CCN2C(=O)c1cn2cc(C)ccc2n1. The van der Waals surface area contributed by atoms with Crippen molar-refractivity contribution >= 4 is 28.0 Å². The molecule has 0 atom stereocenters. The minimum Gasteiger partial charge on any atom is -0.493 e. The normalized spacial score (nSPS) is 13.3. The monoisotopic (exact) mass is 385 g/mol. The second kappa shape index (κ2) is 6.62. The molecule has 0 bridgehead atoms. The highest BCUT2D eigenvalue weighted by atomic mass is 16.5. The van der Waals surface area contributed by atoms with Gasteiger partial charge >= 0.3 is 0 Å². The van der Waals surface area contributed by atoms with Crippen molar-refractivity contribution in [3.8, 4) is 5.75 Å². The summed E-state index contributed by atoms with van der Waals surface area (Å²) < 4.78 is 7.85. The molecule has 2 aromatic heterocycles. The number of aromatic nitrogens is 2. The van der Waals surface area contributed by atoms with Crippen LogP contribution in [0.2, 0.25) is 0 Å². The average Bonchev–Trinajstić information content (AvgIpc) is 3.31. The first-order valence-corrected chi connectivity index (χ1v) is 10.0. The van der Waals surface area contributed by atoms with Gasteiger partial charge in [-0.3, -0.25) is 4.79 Å². The molecule has 0 N–H and O–H groups in total. The molecule has 1 aliphatic heterocycles. The predicted molar refractivity (Wildman–Crippen MR) is 115 cm³/mol. The number of fused-ring (bicyclic) bond motifs is 4. The molecule has 146 valence electrons. The fourth-order valence-electron chi connectivity index (χ4n) is 4.36. The highest BCUT2D eigenvalue weighted by molar-refractivity contribution is 6.09. The van der Waals surface area contributed by atoms with Gasteiger partial charge in [0.15, 0.2) is 0 Å². The van der Waals surface area contributed by atoms with Crippen molar-refractivity contribution in [1.29, 1.82) is 0 Å². The van der Waals surface area contributed by atoms with E-state index in [0.717, 1.165) is 34.5 Å². The molecule has 0 fully saturated rings. The van der Waals surface area contributed by atoms with Gasteiger partial charge in [-0.25, -0.2) is 4.98 Å². The number of amides is 1. The molecule has 3 heterocycles. The van der Waals surface area contributed by atoms with E-state index in [0.29, 0.717) is 18.8 Å². The van der Waals surface area contributed by atoms with Gasteiger partial charge in [-0.15, -0.1) is 0 Å². The Morgan fingerprint density at radius 1 is 1.17 bits per heavy atom. The Bertz CT molecular complexity index is 1270. The fraction of sp³-hybridized carbons (Fsp3) is 0.250. The number of benzene rings is 2. The number of pyridine rings is 1. The van der Waals surface area contributed by atoms with Crippen molar-refractivity contribution in [3.05, 3.63) is 71.2 Å². The van der Waals surface area contributed by atoms with Crippen LogP contribution in [0.4, 0.5) is 5.69 Å². The first-order valence-electron chi connectivity index (χ1n) is 10.0. The summed E-state index contributed by atoms with van der Waals surface area (Å²) in [5, 5.41) is 2.32. The molecule has 0 aliphatic carbocycles. The Hall–Kier alpha value is -3.34. The Balaban J connectivity index is 1.63. The zero-order valence-electron chi connectivity index (χ0n) is 16.9. The summed E-state index contributed by atoms with van der Waals surface area (Å²) in [5.41, 5.74) is 5.73. The maximum Gasteiger partial charge on any atom is 0.278 e. The summed E-state index contributed by atoms with van der Waals surface area (Å²) in [6.07, 6.45) is 4.64. The van der Waals surface area contributed by atoms with E-state index in [-0.39, 0.29) is 5.91 Å². The van der Waals surface area contributed by atoms with E-state index >= 15 is 0 Å². The minimum atomic E-state index is -0.0690. The molecule has 0 unspecified atom stereocenters. The Labute approximate surface area is 169 Å². The van der Waals surface area contributed by atoms with Gasteiger partial charge in [0.25, 0.3) is 5.91 Å². The lowest BCUT2D eigenvalue weighted by Crippen LogP contribution is -2.29. The Morgan fingerprint density at radius 3 is 2.86 bits per heavy atom. The third-order valence-electron chi connectivity index (χ3n) is 5.66. The highest BCUT2D eigenvalue weighted by Crippen LogP contribution is 2.41. The summed E-state index contributed by atoms with van der Waals surface area (Å²) in [7, 11) is 0. The number of anilines is 1. The van der Waals surface area contributed by atoms with Gasteiger partial charge in [-0.2, -0.15) is 0 Å². The van der Waals surface area contributed by atoms with Crippen LogP contribution in [0, 0.1) is 13.8 Å². The van der Waals surface area contributed by atoms with Crippen molar-refractivity contribution < 1.29 is 9.53 Å². The molecule has 4 aromatic rings. The van der Waals surface area contributed by atoms with Gasteiger partial charge in [0.2, 0.25) is 0 Å². The lowest BCUT2D eigenvalue weighted by Gasteiger charge is -2.19. The second-order valence-corrected chi connectivity index (χ2v) is 7.61. The van der Waals surface area contributed by atoms with Crippen LogP contribution in [0.5, 0.6) is 5.75 Å². The van der Waals surface area contributed by atoms with Gasteiger partial charge < -0.3 is 14.0 Å². The number of rotatable bonds is 3. The van der Waals surface area contributed by atoms with Crippen LogP contribution >= 0.6 is 0 Å². The van der Waals surface area contributed by atoms with Crippen molar-refractivity contribution in [3.63, 3.8) is 0 Å². The van der Waals surface area contributed by atoms with Crippen molar-refractivity contribution in [2.75, 3.05) is 18.1 Å². The molecule has 5 nitrogen and oxygen atoms in total. The number of ether oxygens (including phenoxy) is 1. The van der Waals surface area contributed by atoms with Crippen LogP contribution in [0.3, 0.4) is 0 Å². The fourth-order valence-corrected chi connectivity index (χ4v) is 4.36. The lowest BCUT2D eigenvalue weighted by atomic mass is 9.97. The largest absolute Gasteiger partial charge is 0.493 e. The molecule has 0 saturated heterocycles. The van der Waals surface area contributed by atoms with E-state index in [9.17, 15) is 4.79 Å². The first kappa shape index (κ1) is 17.7. The summed E-state index contributed by atoms with van der Waals surface area (Å²) in [6, 6.07) is 12.2. The van der Waals surface area contributed by atoms with Crippen LogP contribution < -0.4 is 9.64 Å². The van der Waals surface area contributed by atoms with E-state index in [1.54, 1.807) is 0 Å². The average molecular weight is 385 g/mol. The van der Waals surface area contributed by atoms with E-state index in [2.05, 4.69) is 30.1 Å². The summed E-state index contributed by atoms with van der Waals surface area (Å²) in [5.74, 6) is 0.760. The van der Waals surface area contributed by atoms with E-state index in [1.165, 1.54) is 16.5 Å². The molecule has 5 rings (SSSR count). The quantitative estimate of drug-likeness (QED) is 0.513. The van der Waals surface area contributed by atoms with Crippen molar-refractivity contribution in [2.24, 2.45) is 0 Å². The molecule has 1 amide bonds. The lowest BCUT2D eigenvalue weighted by molar-refractivity contribution is 0.0985. The topological polar surface area (TPSA) is 46.8 Å². The van der Waals surface area contributed by atoms with Crippen LogP contribution in [0.25, 0.3) is 16.4 Å². The summed E-state index contributed by atoms with van der Waals surface area (Å²) in [6.45, 7) is 7.37. The van der Waals surface area contributed by atoms with Crippen LogP contribution in [0.1, 0.15) is 34.1 Å². The standard InChI is InChI=1S/C24H23N3O2/c1-4-29-21-12-20-17(23-16(3)6-5-7-18(21)23)10-11-27(20)24(28)19-14-26-13-15(2)8-9-22(26)25-19/h5-9,12-14H,4,10-11H2,1-3H3. The molecule has 0 radical (unpaired) electrons. The van der Waals surface area contributed by atoms with Crippen LogP contribution in [0.15, 0.2) is 48.8 Å². The van der Waals surface area contributed by atoms with Crippen LogP contribution in [-0.4, -0.2) is 28.4 Å². The molecule has 29 heavy (non-hydrogen) atoms. The summed E-state index contributed by atoms with van der Waals surface area (Å²) in [4.78, 5) is 19.8. The Morgan fingerprint density at radius 2 is 2.03 bits per heavy atom. The van der Waals surface area contributed by atoms with E-state index in [4.69, 9.17) is 4.74 Å². The number of carbonyl (C=O) groups excluding carboxylic acids is 1. The molecule has 0 spiro atoms. The van der Waals surface area contributed by atoms with Crippen LogP contribution in [-0.2, 0) is 6.42 Å². The number of imidazole rings is 1. The van der Waals surface area contributed by atoms with Gasteiger partial charge in [0.05, 0.1) is 12.3 Å². The van der Waals surface area contributed by atoms with Gasteiger partial charge in [0, 0.05) is 30.4 Å². The number of hydrogen-bond donors (Lipinski definition) is 0. The minimum absolute atomic E-state index is 0.0690. The predicted octanol–water partition coefficient (Wildman–Crippen LogP) is 4.71. The smallest absolute Gasteiger partial charge is 0.278 e. The summed E-state index contributed by atoms with van der Waals surface area (Å²) >= 11 is 0. The molecule has 5 heteroatoms. The molecule has 1 aliphatic rings. The first-order chi connectivity index (χ1) is 14.1. The molecular weight excluding hydrogens is 362 g/mol. The number of carbonyl (C=O) groups is 1. The van der Waals surface area contributed by atoms with Crippen molar-refractivity contribution in [2.45, 2.75) is 27.2 Å². The van der Waals surface area contributed by atoms with Crippen molar-refractivity contribution in [1.82, 2.24) is 9.38 Å². The highest BCUT2D eigenvalue weighted by Gasteiger charge is 2.30. The van der Waals surface area contributed by atoms with Gasteiger partial charge in [-0.05, 0) is 55.3 Å². The molecule has 2 aromatic carbocycles. The van der Waals surface area contributed by atoms with E-state index < -0.39 is 0 Å². The number of aryl methyl sites for hydroxylation is 2. The number of nitrogens with zero attached hydrogens (tertiary/aromatic N) is 3. The maximum absolute atomic E-state index is 13.4. The third kappa shape index (κ3) is 2.77. The second-order valence-electron chi connectivity index (χ2n) is 7.61.